The Morgan fingerprint density at radius 3 is 2.62 bits per heavy atom. The van der Waals surface area contributed by atoms with E-state index in [0.29, 0.717) is 33.7 Å². The molecule has 1 amide bonds. The zero-order valence-electron chi connectivity index (χ0n) is 18.2. The van der Waals surface area contributed by atoms with Gasteiger partial charge in [-0.2, -0.15) is 0 Å². The summed E-state index contributed by atoms with van der Waals surface area (Å²) in [4.78, 5) is 24.7. The first-order chi connectivity index (χ1) is 16.6. The molecule has 10 heteroatoms. The van der Waals surface area contributed by atoms with E-state index in [1.54, 1.807) is 41.1 Å². The highest BCUT2D eigenvalue weighted by atomic mass is 32.2. The molecule has 0 saturated carbocycles. The number of carbonyl (C=O) groups is 2. The third-order valence-electron chi connectivity index (χ3n) is 4.76. The number of hydrogen-bond donors (Lipinski definition) is 1. The largest absolute Gasteiger partial charge is 0.462 e. The molecule has 1 N–H and O–H groups in total. The summed E-state index contributed by atoms with van der Waals surface area (Å²) in [7, 11) is 0. The molecule has 0 radical (unpaired) electrons. The molecule has 0 spiro atoms. The smallest absolute Gasteiger partial charge is 0.341 e. The monoisotopic (exact) mass is 496 g/mol. The Morgan fingerprint density at radius 1 is 1.09 bits per heavy atom. The number of amides is 1. The summed E-state index contributed by atoms with van der Waals surface area (Å²) in [6.07, 6.45) is 0. The first kappa shape index (κ1) is 23.7. The lowest BCUT2D eigenvalue weighted by atomic mass is 10.2. The molecular weight excluding hydrogens is 475 g/mol. The first-order valence-electron chi connectivity index (χ1n) is 10.5. The van der Waals surface area contributed by atoms with Crippen molar-refractivity contribution < 1.29 is 18.7 Å². The molecule has 2 heterocycles. The third kappa shape index (κ3) is 5.52. The summed E-state index contributed by atoms with van der Waals surface area (Å²) < 4.78 is 21.3. The van der Waals surface area contributed by atoms with Crippen LogP contribution in [0.4, 0.5) is 9.39 Å². The zero-order valence-corrected chi connectivity index (χ0v) is 19.9. The molecule has 2 aromatic heterocycles. The lowest BCUT2D eigenvalue weighted by molar-refractivity contribution is -0.113. The van der Waals surface area contributed by atoms with Crippen molar-refractivity contribution in [2.45, 2.75) is 18.6 Å². The van der Waals surface area contributed by atoms with E-state index in [1.165, 1.54) is 29.2 Å². The normalized spacial score (nSPS) is 10.8. The number of carbonyl (C=O) groups excluding carboxylic acids is 2. The fourth-order valence-electron chi connectivity index (χ4n) is 3.21. The molecule has 4 aromatic rings. The zero-order chi connectivity index (χ0) is 23.9. The molecule has 0 bridgehead atoms. The maximum atomic E-state index is 14.5. The molecule has 0 unspecified atom stereocenters. The van der Waals surface area contributed by atoms with E-state index in [-0.39, 0.29) is 18.3 Å². The van der Waals surface area contributed by atoms with E-state index >= 15 is 0 Å². The van der Waals surface area contributed by atoms with Gasteiger partial charge in [-0.25, -0.2) is 9.18 Å². The number of aromatic nitrogens is 3. The number of thioether (sulfide) groups is 1. The van der Waals surface area contributed by atoms with E-state index in [1.807, 2.05) is 30.3 Å². The van der Waals surface area contributed by atoms with Gasteiger partial charge < -0.3 is 10.1 Å². The summed E-state index contributed by atoms with van der Waals surface area (Å²) in [6, 6.07) is 17.7. The van der Waals surface area contributed by atoms with Crippen molar-refractivity contribution in [3.05, 3.63) is 83.0 Å². The Kier molecular flexibility index (Phi) is 7.71. The SMILES string of the molecule is CCOC(=O)c1ccsc1NC(=O)CSc1nnc(-c2ccccc2F)n1Cc1ccccc1. The van der Waals surface area contributed by atoms with Crippen LogP contribution in [0.5, 0.6) is 0 Å². The maximum absolute atomic E-state index is 14.5. The minimum absolute atomic E-state index is 0.0321. The van der Waals surface area contributed by atoms with E-state index in [0.717, 1.165) is 5.56 Å². The van der Waals surface area contributed by atoms with Crippen LogP contribution in [0.2, 0.25) is 0 Å². The van der Waals surface area contributed by atoms with E-state index in [4.69, 9.17) is 4.74 Å². The fourth-order valence-corrected chi connectivity index (χ4v) is 4.74. The standard InChI is InChI=1S/C24H21FN4O3S2/c1-2-32-23(31)18-12-13-33-22(18)26-20(30)15-34-24-28-27-21(17-10-6-7-11-19(17)25)29(24)14-16-8-4-3-5-9-16/h3-13H,2,14-15H2,1H3,(H,26,30). The predicted octanol–water partition coefficient (Wildman–Crippen LogP) is 5.10. The molecule has 0 atom stereocenters. The van der Waals surface area contributed by atoms with E-state index in [2.05, 4.69) is 15.5 Å². The number of ether oxygens (including phenoxy) is 1. The molecular formula is C24H21FN4O3S2. The molecule has 0 saturated heterocycles. The van der Waals surface area contributed by atoms with Crippen LogP contribution in [-0.2, 0) is 16.1 Å². The Labute approximate surface area is 204 Å². The number of rotatable bonds is 9. The molecule has 0 aliphatic carbocycles. The molecule has 4 rings (SSSR count). The number of benzene rings is 2. The number of esters is 1. The van der Waals surface area contributed by atoms with Gasteiger partial charge in [0.2, 0.25) is 5.91 Å². The van der Waals surface area contributed by atoms with Gasteiger partial charge in [0.1, 0.15) is 10.8 Å². The Balaban J connectivity index is 1.53. The van der Waals surface area contributed by atoms with Gasteiger partial charge in [0, 0.05) is 0 Å². The highest BCUT2D eigenvalue weighted by Crippen LogP contribution is 2.28. The average Bonchev–Trinajstić information content (AvgIpc) is 3.46. The van der Waals surface area contributed by atoms with Crippen molar-refractivity contribution in [3.63, 3.8) is 0 Å². The van der Waals surface area contributed by atoms with Crippen LogP contribution in [0, 0.1) is 5.82 Å². The highest BCUT2D eigenvalue weighted by Gasteiger charge is 2.20. The van der Waals surface area contributed by atoms with E-state index in [9.17, 15) is 14.0 Å². The number of nitrogens with one attached hydrogen (secondary N) is 1. The summed E-state index contributed by atoms with van der Waals surface area (Å²) in [5, 5.41) is 13.8. The molecule has 7 nitrogen and oxygen atoms in total. The van der Waals surface area contributed by atoms with Crippen LogP contribution in [0.3, 0.4) is 0 Å². The van der Waals surface area contributed by atoms with Gasteiger partial charge in [-0.05, 0) is 36.1 Å². The van der Waals surface area contributed by atoms with Crippen LogP contribution < -0.4 is 5.32 Å². The van der Waals surface area contributed by atoms with Crippen molar-refractivity contribution in [2.24, 2.45) is 0 Å². The lowest BCUT2D eigenvalue weighted by Crippen LogP contribution is -2.16. The Bertz CT molecular complexity index is 1290. The summed E-state index contributed by atoms with van der Waals surface area (Å²) in [6.45, 7) is 2.39. The average molecular weight is 497 g/mol. The molecule has 2 aromatic carbocycles. The second-order valence-electron chi connectivity index (χ2n) is 7.08. The number of anilines is 1. The van der Waals surface area contributed by atoms with Gasteiger partial charge in [0.05, 0.1) is 30.0 Å². The molecule has 34 heavy (non-hydrogen) atoms. The number of halogens is 1. The van der Waals surface area contributed by atoms with Crippen LogP contribution in [0.25, 0.3) is 11.4 Å². The first-order valence-corrected chi connectivity index (χ1v) is 12.3. The fraction of sp³-hybridized carbons (Fsp3) is 0.167. The van der Waals surface area contributed by atoms with Gasteiger partial charge in [-0.15, -0.1) is 21.5 Å². The molecule has 0 aliphatic heterocycles. The number of hydrogen-bond acceptors (Lipinski definition) is 7. The lowest BCUT2D eigenvalue weighted by Gasteiger charge is -2.11. The molecule has 0 aliphatic rings. The highest BCUT2D eigenvalue weighted by molar-refractivity contribution is 7.99. The van der Waals surface area contributed by atoms with Crippen molar-refractivity contribution in [1.82, 2.24) is 14.8 Å². The number of thiophene rings is 1. The van der Waals surface area contributed by atoms with Crippen molar-refractivity contribution in [1.29, 1.82) is 0 Å². The second kappa shape index (κ2) is 11.1. The number of nitrogens with zero attached hydrogens (tertiary/aromatic N) is 3. The predicted molar refractivity (Wildman–Crippen MR) is 131 cm³/mol. The van der Waals surface area contributed by atoms with Crippen LogP contribution in [0.15, 0.2) is 71.2 Å². The second-order valence-corrected chi connectivity index (χ2v) is 8.94. The van der Waals surface area contributed by atoms with Crippen LogP contribution >= 0.6 is 23.1 Å². The summed E-state index contributed by atoms with van der Waals surface area (Å²) in [5.74, 6) is -0.774. The van der Waals surface area contributed by atoms with Crippen molar-refractivity contribution in [2.75, 3.05) is 17.7 Å². The van der Waals surface area contributed by atoms with E-state index < -0.39 is 11.8 Å². The van der Waals surface area contributed by atoms with Gasteiger partial charge >= 0.3 is 5.97 Å². The van der Waals surface area contributed by atoms with Gasteiger partial charge in [-0.1, -0.05) is 54.2 Å². The Hall–Kier alpha value is -3.50. The quantitative estimate of drug-likeness (QED) is 0.256. The minimum atomic E-state index is -0.483. The minimum Gasteiger partial charge on any atom is -0.462 e. The molecule has 174 valence electrons. The van der Waals surface area contributed by atoms with Crippen molar-refractivity contribution >= 4 is 40.0 Å². The van der Waals surface area contributed by atoms with Gasteiger partial charge in [0.15, 0.2) is 11.0 Å². The third-order valence-corrected chi connectivity index (χ3v) is 6.56. The maximum Gasteiger partial charge on any atom is 0.341 e. The van der Waals surface area contributed by atoms with Crippen LogP contribution in [0.1, 0.15) is 22.8 Å². The topological polar surface area (TPSA) is 86.1 Å². The summed E-state index contributed by atoms with van der Waals surface area (Å²) >= 11 is 2.43. The summed E-state index contributed by atoms with van der Waals surface area (Å²) in [5.41, 5.74) is 1.64. The van der Waals surface area contributed by atoms with Gasteiger partial charge in [-0.3, -0.25) is 9.36 Å². The Morgan fingerprint density at radius 2 is 1.85 bits per heavy atom. The van der Waals surface area contributed by atoms with Crippen LogP contribution in [-0.4, -0.2) is 39.0 Å². The molecule has 0 fully saturated rings. The van der Waals surface area contributed by atoms with Crippen molar-refractivity contribution in [3.8, 4) is 11.4 Å². The van der Waals surface area contributed by atoms with Gasteiger partial charge in [0.25, 0.3) is 0 Å².